The maximum absolute atomic E-state index is 10.5. The summed E-state index contributed by atoms with van der Waals surface area (Å²) in [7, 11) is 0. The van der Waals surface area contributed by atoms with Crippen LogP contribution in [0.25, 0.3) is 0 Å². The normalized spacial score (nSPS) is 17.4. The minimum atomic E-state index is -0.487. The van der Waals surface area contributed by atoms with Crippen molar-refractivity contribution in [2.45, 2.75) is 26.1 Å². The molecule has 1 aromatic rings. The van der Waals surface area contributed by atoms with E-state index in [0.29, 0.717) is 6.54 Å². The molecule has 0 aliphatic carbocycles. The summed E-state index contributed by atoms with van der Waals surface area (Å²) in [5.74, 6) is 0. The fourth-order valence-corrected chi connectivity index (χ4v) is 1.97. The minimum Gasteiger partial charge on any atom is -0.288 e. The molecular formula is C11H14N2O2. The van der Waals surface area contributed by atoms with E-state index in [1.165, 1.54) is 11.1 Å². The van der Waals surface area contributed by atoms with Crippen LogP contribution in [0.1, 0.15) is 18.1 Å². The molecule has 2 rings (SSSR count). The molecule has 80 valence electrons. The predicted octanol–water partition coefficient (Wildman–Crippen LogP) is 1.67. The van der Waals surface area contributed by atoms with Gasteiger partial charge in [-0.25, -0.2) is 0 Å². The lowest BCUT2D eigenvalue weighted by Crippen LogP contribution is -2.31. The second kappa shape index (κ2) is 3.98. The Balaban J connectivity index is 1.99. The first kappa shape index (κ1) is 10.1. The smallest absolute Gasteiger partial charge is 0.222 e. The summed E-state index contributed by atoms with van der Waals surface area (Å²) in [6.07, 6.45) is 0. The summed E-state index contributed by atoms with van der Waals surface area (Å²) < 4.78 is 0. The predicted molar refractivity (Wildman–Crippen MR) is 57.0 cm³/mol. The lowest BCUT2D eigenvalue weighted by Gasteiger charge is -2.14. The van der Waals surface area contributed by atoms with E-state index >= 15 is 0 Å². The molecular weight excluding hydrogens is 192 g/mol. The average Bonchev–Trinajstić information content (AvgIpc) is 2.59. The summed E-state index contributed by atoms with van der Waals surface area (Å²) in [5, 5.41) is 10.5. The number of hydrogen-bond acceptors (Lipinski definition) is 3. The van der Waals surface area contributed by atoms with Gasteiger partial charge in [0, 0.05) is 24.9 Å². The molecule has 0 radical (unpaired) electrons. The Morgan fingerprint density at radius 2 is 1.93 bits per heavy atom. The number of rotatable bonds is 3. The Morgan fingerprint density at radius 3 is 2.40 bits per heavy atom. The molecule has 1 unspecified atom stereocenters. The van der Waals surface area contributed by atoms with Gasteiger partial charge in [0.2, 0.25) is 6.04 Å². The molecule has 1 aliphatic rings. The highest BCUT2D eigenvalue weighted by Crippen LogP contribution is 2.22. The summed E-state index contributed by atoms with van der Waals surface area (Å²) in [6.45, 7) is 3.87. The number of hydrogen-bond donors (Lipinski definition) is 0. The Hall–Kier alpha value is -1.42. The third kappa shape index (κ3) is 2.15. The first-order valence-corrected chi connectivity index (χ1v) is 5.09. The molecule has 1 heterocycles. The third-order valence-electron chi connectivity index (χ3n) is 2.79. The van der Waals surface area contributed by atoms with E-state index in [-0.39, 0.29) is 4.92 Å². The molecule has 1 atom stereocenters. The zero-order valence-electron chi connectivity index (χ0n) is 8.72. The Kier molecular flexibility index (Phi) is 2.68. The van der Waals surface area contributed by atoms with Crippen molar-refractivity contribution in [1.82, 2.24) is 4.90 Å². The van der Waals surface area contributed by atoms with Gasteiger partial charge in [0.25, 0.3) is 0 Å². The van der Waals surface area contributed by atoms with Crippen molar-refractivity contribution in [3.63, 3.8) is 0 Å². The maximum atomic E-state index is 10.5. The van der Waals surface area contributed by atoms with Gasteiger partial charge in [-0.3, -0.25) is 15.0 Å². The molecule has 0 amide bonds. The van der Waals surface area contributed by atoms with Crippen molar-refractivity contribution >= 4 is 0 Å². The van der Waals surface area contributed by atoms with E-state index in [4.69, 9.17) is 0 Å². The first-order valence-electron chi connectivity index (χ1n) is 5.09. The second-order valence-corrected chi connectivity index (χ2v) is 4.07. The van der Waals surface area contributed by atoms with Gasteiger partial charge in [-0.2, -0.15) is 0 Å². The van der Waals surface area contributed by atoms with Crippen molar-refractivity contribution < 1.29 is 4.92 Å². The summed E-state index contributed by atoms with van der Waals surface area (Å²) in [6, 6.07) is 7.72. The highest BCUT2D eigenvalue weighted by Gasteiger charge is 2.23. The molecule has 0 aromatic heterocycles. The van der Waals surface area contributed by atoms with Gasteiger partial charge in [0.15, 0.2) is 0 Å². The second-order valence-electron chi connectivity index (χ2n) is 4.07. The quantitative estimate of drug-likeness (QED) is 0.558. The summed E-state index contributed by atoms with van der Waals surface area (Å²) in [4.78, 5) is 12.4. The van der Waals surface area contributed by atoms with E-state index in [9.17, 15) is 10.1 Å². The zero-order chi connectivity index (χ0) is 10.8. The topological polar surface area (TPSA) is 46.4 Å². The molecule has 15 heavy (non-hydrogen) atoms. The van der Waals surface area contributed by atoms with Crippen molar-refractivity contribution in [3.05, 3.63) is 45.5 Å². The Bertz CT molecular complexity index is 354. The molecule has 0 saturated heterocycles. The van der Waals surface area contributed by atoms with Crippen LogP contribution >= 0.6 is 0 Å². The fourth-order valence-electron chi connectivity index (χ4n) is 1.97. The lowest BCUT2D eigenvalue weighted by molar-refractivity contribution is -0.518. The third-order valence-corrected chi connectivity index (χ3v) is 2.79. The fraction of sp³-hybridized carbons (Fsp3) is 0.455. The standard InChI is InChI=1S/C11H14N2O2/c1-9(13(14)15)6-12-7-10-4-2-3-5-11(10)8-12/h2-5,9H,6-8H2,1H3. The molecule has 1 aliphatic heterocycles. The van der Waals surface area contributed by atoms with Gasteiger partial charge in [-0.1, -0.05) is 24.3 Å². The van der Waals surface area contributed by atoms with Crippen molar-refractivity contribution in [3.8, 4) is 0 Å². The number of nitrogens with zero attached hydrogens (tertiary/aromatic N) is 2. The Labute approximate surface area is 88.7 Å². The monoisotopic (exact) mass is 206 g/mol. The van der Waals surface area contributed by atoms with Crippen molar-refractivity contribution in [2.75, 3.05) is 6.54 Å². The van der Waals surface area contributed by atoms with Gasteiger partial charge in [-0.15, -0.1) is 0 Å². The summed E-state index contributed by atoms with van der Waals surface area (Å²) in [5.41, 5.74) is 2.60. The van der Waals surface area contributed by atoms with Crippen LogP contribution in [-0.2, 0) is 13.1 Å². The molecule has 0 N–H and O–H groups in total. The molecule has 0 fully saturated rings. The number of nitro groups is 1. The molecule has 1 aromatic carbocycles. The molecule has 0 saturated carbocycles. The Morgan fingerprint density at radius 1 is 1.40 bits per heavy atom. The van der Waals surface area contributed by atoms with Crippen LogP contribution < -0.4 is 0 Å². The van der Waals surface area contributed by atoms with E-state index < -0.39 is 6.04 Å². The van der Waals surface area contributed by atoms with Crippen LogP contribution in [0.4, 0.5) is 0 Å². The van der Waals surface area contributed by atoms with Gasteiger partial charge >= 0.3 is 0 Å². The van der Waals surface area contributed by atoms with E-state index in [1.54, 1.807) is 6.92 Å². The largest absolute Gasteiger partial charge is 0.288 e. The van der Waals surface area contributed by atoms with Crippen LogP contribution in [0, 0.1) is 10.1 Å². The van der Waals surface area contributed by atoms with Gasteiger partial charge in [-0.05, 0) is 11.1 Å². The summed E-state index contributed by atoms with van der Waals surface area (Å²) >= 11 is 0. The first-order chi connectivity index (χ1) is 7.16. The van der Waals surface area contributed by atoms with Crippen LogP contribution in [0.15, 0.2) is 24.3 Å². The van der Waals surface area contributed by atoms with Crippen LogP contribution in [0.5, 0.6) is 0 Å². The minimum absolute atomic E-state index is 0.219. The average molecular weight is 206 g/mol. The van der Waals surface area contributed by atoms with E-state index in [2.05, 4.69) is 17.0 Å². The molecule has 0 spiro atoms. The van der Waals surface area contributed by atoms with E-state index in [0.717, 1.165) is 13.1 Å². The van der Waals surface area contributed by atoms with E-state index in [1.807, 2.05) is 12.1 Å². The van der Waals surface area contributed by atoms with Gasteiger partial charge < -0.3 is 0 Å². The SMILES string of the molecule is CC(CN1Cc2ccccc2C1)[N+](=O)[O-]. The molecule has 4 heteroatoms. The van der Waals surface area contributed by atoms with Gasteiger partial charge in [0.1, 0.15) is 0 Å². The van der Waals surface area contributed by atoms with Crippen molar-refractivity contribution in [2.24, 2.45) is 0 Å². The number of fused-ring (bicyclic) bond motifs is 1. The zero-order valence-corrected chi connectivity index (χ0v) is 8.72. The number of benzene rings is 1. The van der Waals surface area contributed by atoms with Crippen molar-refractivity contribution in [1.29, 1.82) is 0 Å². The maximum Gasteiger partial charge on any atom is 0.222 e. The van der Waals surface area contributed by atoms with Crippen LogP contribution in [0.2, 0.25) is 0 Å². The molecule has 4 nitrogen and oxygen atoms in total. The highest BCUT2D eigenvalue weighted by atomic mass is 16.6. The molecule has 0 bridgehead atoms. The van der Waals surface area contributed by atoms with Crippen LogP contribution in [0.3, 0.4) is 0 Å². The van der Waals surface area contributed by atoms with Crippen LogP contribution in [-0.4, -0.2) is 22.4 Å². The highest BCUT2D eigenvalue weighted by molar-refractivity contribution is 5.30. The lowest BCUT2D eigenvalue weighted by atomic mass is 10.1. The van der Waals surface area contributed by atoms with Gasteiger partial charge in [0.05, 0.1) is 6.54 Å².